The highest BCUT2D eigenvalue weighted by Crippen LogP contribution is 2.21. The van der Waals surface area contributed by atoms with Crippen molar-refractivity contribution in [2.75, 3.05) is 6.54 Å². The van der Waals surface area contributed by atoms with E-state index in [1.807, 2.05) is 67.6 Å². The van der Waals surface area contributed by atoms with E-state index < -0.39 is 6.09 Å². The Hall–Kier alpha value is -2.26. The van der Waals surface area contributed by atoms with Crippen LogP contribution in [0.4, 0.5) is 4.79 Å². The number of hydrogen-bond acceptors (Lipinski definition) is 2. The van der Waals surface area contributed by atoms with Gasteiger partial charge in [-0.3, -0.25) is 0 Å². The molecule has 0 atom stereocenters. The molecule has 2 aromatic carbocycles. The standard InChI is InChI=1S/C19H20ClNO2/c1-15-8-7-12-17(18(15)20)11-5-6-13-21-19(22)23-14-16-9-3-2-4-10-16/h2-5,7-12H,6,13-14H2,1H3,(H,21,22). The van der Waals surface area contributed by atoms with Crippen molar-refractivity contribution >= 4 is 23.8 Å². The minimum atomic E-state index is -0.407. The molecule has 2 aromatic rings. The van der Waals surface area contributed by atoms with Gasteiger partial charge in [-0.15, -0.1) is 0 Å². The first-order chi connectivity index (χ1) is 11.2. The second kappa shape index (κ2) is 9.01. The Morgan fingerprint density at radius 3 is 2.74 bits per heavy atom. The first kappa shape index (κ1) is 17.1. The third-order valence-electron chi connectivity index (χ3n) is 3.31. The number of hydrogen-bond donors (Lipinski definition) is 1. The normalized spacial score (nSPS) is 10.7. The van der Waals surface area contributed by atoms with Crippen molar-refractivity contribution in [3.63, 3.8) is 0 Å². The van der Waals surface area contributed by atoms with E-state index in [1.54, 1.807) is 0 Å². The van der Waals surface area contributed by atoms with Crippen LogP contribution in [0.5, 0.6) is 0 Å². The zero-order chi connectivity index (χ0) is 16.5. The van der Waals surface area contributed by atoms with E-state index in [1.165, 1.54) is 0 Å². The molecule has 0 fully saturated rings. The van der Waals surface area contributed by atoms with Crippen LogP contribution < -0.4 is 5.32 Å². The molecule has 1 N–H and O–H groups in total. The Kier molecular flexibility index (Phi) is 6.70. The molecule has 4 heteroatoms. The molecule has 0 saturated heterocycles. The molecule has 0 heterocycles. The third-order valence-corrected chi connectivity index (χ3v) is 3.83. The molecule has 0 aliphatic carbocycles. The summed E-state index contributed by atoms with van der Waals surface area (Å²) in [5.41, 5.74) is 3.01. The maximum Gasteiger partial charge on any atom is 0.407 e. The molecule has 2 rings (SSSR count). The van der Waals surface area contributed by atoms with Crippen LogP contribution in [0.3, 0.4) is 0 Å². The van der Waals surface area contributed by atoms with Gasteiger partial charge in [0.15, 0.2) is 0 Å². The largest absolute Gasteiger partial charge is 0.445 e. The van der Waals surface area contributed by atoms with Crippen LogP contribution in [0.2, 0.25) is 5.02 Å². The van der Waals surface area contributed by atoms with Crippen molar-refractivity contribution in [3.8, 4) is 0 Å². The Bertz CT molecular complexity index is 668. The summed E-state index contributed by atoms with van der Waals surface area (Å²) in [6.45, 7) is 2.78. The van der Waals surface area contributed by atoms with Gasteiger partial charge in [0.2, 0.25) is 0 Å². The summed E-state index contributed by atoms with van der Waals surface area (Å²) < 4.78 is 5.13. The summed E-state index contributed by atoms with van der Waals surface area (Å²) in [7, 11) is 0. The molecule has 3 nitrogen and oxygen atoms in total. The van der Waals surface area contributed by atoms with E-state index in [4.69, 9.17) is 16.3 Å². The summed E-state index contributed by atoms with van der Waals surface area (Å²) in [5, 5.41) is 3.48. The van der Waals surface area contributed by atoms with E-state index in [0.717, 1.165) is 21.7 Å². The van der Waals surface area contributed by atoms with Crippen LogP contribution in [0.1, 0.15) is 23.1 Å². The first-order valence-electron chi connectivity index (χ1n) is 7.53. The van der Waals surface area contributed by atoms with Gasteiger partial charge < -0.3 is 10.1 Å². The van der Waals surface area contributed by atoms with Crippen molar-refractivity contribution in [2.45, 2.75) is 20.0 Å². The zero-order valence-electron chi connectivity index (χ0n) is 13.1. The number of benzene rings is 2. The van der Waals surface area contributed by atoms with Gasteiger partial charge in [-0.05, 0) is 30.0 Å². The average molecular weight is 330 g/mol. The lowest BCUT2D eigenvalue weighted by Gasteiger charge is -2.06. The van der Waals surface area contributed by atoms with Crippen molar-refractivity contribution in [1.29, 1.82) is 0 Å². The fourth-order valence-corrected chi connectivity index (χ4v) is 2.23. The number of nitrogens with one attached hydrogen (secondary N) is 1. The molecule has 1 amide bonds. The van der Waals surface area contributed by atoms with Crippen molar-refractivity contribution in [1.82, 2.24) is 5.32 Å². The van der Waals surface area contributed by atoms with E-state index >= 15 is 0 Å². The highest BCUT2D eigenvalue weighted by molar-refractivity contribution is 6.32. The maximum absolute atomic E-state index is 11.6. The van der Waals surface area contributed by atoms with E-state index in [9.17, 15) is 4.79 Å². The monoisotopic (exact) mass is 329 g/mol. The Balaban J connectivity index is 1.67. The predicted molar refractivity (Wildman–Crippen MR) is 94.5 cm³/mol. The van der Waals surface area contributed by atoms with E-state index in [-0.39, 0.29) is 6.61 Å². The molecule has 23 heavy (non-hydrogen) atoms. The molecule has 0 bridgehead atoms. The molecule has 0 aliphatic heterocycles. The third kappa shape index (κ3) is 5.80. The van der Waals surface area contributed by atoms with Gasteiger partial charge >= 0.3 is 6.09 Å². The summed E-state index contributed by atoms with van der Waals surface area (Å²) in [5.74, 6) is 0. The second-order valence-corrected chi connectivity index (χ2v) is 5.54. The van der Waals surface area contributed by atoms with Crippen molar-refractivity contribution < 1.29 is 9.53 Å². The Labute approximate surface area is 141 Å². The number of amides is 1. The number of rotatable bonds is 6. The molecule has 0 aromatic heterocycles. The van der Waals surface area contributed by atoms with Gasteiger partial charge in [-0.2, -0.15) is 0 Å². The number of aryl methyl sites for hydroxylation is 1. The molecule has 120 valence electrons. The van der Waals surface area contributed by atoms with Crippen LogP contribution >= 0.6 is 11.6 Å². The highest BCUT2D eigenvalue weighted by atomic mass is 35.5. The molecule has 0 spiro atoms. The van der Waals surface area contributed by atoms with Gasteiger partial charge in [0.05, 0.1) is 5.02 Å². The number of carbonyl (C=O) groups excluding carboxylic acids is 1. The first-order valence-corrected chi connectivity index (χ1v) is 7.91. The lowest BCUT2D eigenvalue weighted by atomic mass is 10.1. The molecular weight excluding hydrogens is 310 g/mol. The van der Waals surface area contributed by atoms with Crippen LogP contribution in [-0.2, 0) is 11.3 Å². The molecular formula is C19H20ClNO2. The average Bonchev–Trinajstić information content (AvgIpc) is 2.57. The predicted octanol–water partition coefficient (Wildman–Crippen LogP) is 4.98. The topological polar surface area (TPSA) is 38.3 Å². The van der Waals surface area contributed by atoms with E-state index in [2.05, 4.69) is 5.32 Å². The minimum absolute atomic E-state index is 0.279. The SMILES string of the molecule is Cc1cccc(C=CCCNC(=O)OCc2ccccc2)c1Cl. The van der Waals surface area contributed by atoms with Gasteiger partial charge in [0.25, 0.3) is 0 Å². The van der Waals surface area contributed by atoms with Crippen molar-refractivity contribution in [3.05, 3.63) is 76.3 Å². The number of ether oxygens (including phenoxy) is 1. The fourth-order valence-electron chi connectivity index (χ4n) is 2.04. The van der Waals surface area contributed by atoms with Gasteiger partial charge in [0.1, 0.15) is 6.61 Å². The summed E-state index contributed by atoms with van der Waals surface area (Å²) in [4.78, 5) is 11.6. The maximum atomic E-state index is 11.6. The molecule has 0 radical (unpaired) electrons. The summed E-state index contributed by atoms with van der Waals surface area (Å²) in [6.07, 6.45) is 4.26. The second-order valence-electron chi connectivity index (χ2n) is 5.16. The van der Waals surface area contributed by atoms with Crippen LogP contribution in [0, 0.1) is 6.92 Å². The Morgan fingerprint density at radius 2 is 1.96 bits per heavy atom. The quantitative estimate of drug-likeness (QED) is 0.759. The van der Waals surface area contributed by atoms with Gasteiger partial charge in [-0.1, -0.05) is 72.3 Å². The lowest BCUT2D eigenvalue weighted by Crippen LogP contribution is -2.24. The Morgan fingerprint density at radius 1 is 1.17 bits per heavy atom. The summed E-state index contributed by atoms with van der Waals surface area (Å²) >= 11 is 6.21. The number of halogens is 1. The van der Waals surface area contributed by atoms with Crippen molar-refractivity contribution in [2.24, 2.45) is 0 Å². The fraction of sp³-hybridized carbons (Fsp3) is 0.211. The van der Waals surface area contributed by atoms with Crippen LogP contribution in [-0.4, -0.2) is 12.6 Å². The number of carbonyl (C=O) groups is 1. The smallest absolute Gasteiger partial charge is 0.407 e. The highest BCUT2D eigenvalue weighted by Gasteiger charge is 2.01. The van der Waals surface area contributed by atoms with Crippen LogP contribution in [0.15, 0.2) is 54.6 Å². The minimum Gasteiger partial charge on any atom is -0.445 e. The van der Waals surface area contributed by atoms with Crippen LogP contribution in [0.25, 0.3) is 6.08 Å². The zero-order valence-corrected chi connectivity index (χ0v) is 13.8. The molecule has 0 aliphatic rings. The van der Waals surface area contributed by atoms with Gasteiger partial charge in [-0.25, -0.2) is 4.79 Å². The van der Waals surface area contributed by atoms with E-state index in [0.29, 0.717) is 13.0 Å². The number of alkyl carbamates (subject to hydrolysis) is 1. The molecule has 0 saturated carbocycles. The molecule has 0 unspecified atom stereocenters. The summed E-state index contributed by atoms with van der Waals surface area (Å²) in [6, 6.07) is 15.5. The van der Waals surface area contributed by atoms with Gasteiger partial charge in [0, 0.05) is 6.54 Å². The lowest BCUT2D eigenvalue weighted by molar-refractivity contribution is 0.140.